The van der Waals surface area contributed by atoms with E-state index in [1.165, 1.54) is 12.8 Å². The number of H-pyrrole nitrogens is 1. The lowest BCUT2D eigenvalue weighted by molar-refractivity contribution is 0.321. The Kier molecular flexibility index (Phi) is 5.62. The largest absolute Gasteiger partial charge is 0.455 e. The van der Waals surface area contributed by atoms with Crippen LogP contribution in [0.3, 0.4) is 0 Å². The van der Waals surface area contributed by atoms with Crippen LogP contribution in [0.1, 0.15) is 24.2 Å². The highest BCUT2D eigenvalue weighted by Gasteiger charge is 2.17. The zero-order valence-electron chi connectivity index (χ0n) is 19.7. The molecular formula is C26H26ClN7O. The van der Waals surface area contributed by atoms with E-state index in [0.29, 0.717) is 28.0 Å². The van der Waals surface area contributed by atoms with E-state index in [4.69, 9.17) is 21.3 Å². The standard InChI is InChI=1S/C26H26ClN7O/c1-15-9-22-25(24(27)26(15)35-19-3-4-20-21(10-19)32-16(2)31-20)33-23(12-29-22)18-11-30-34(14-18)13-17-5-7-28-8-6-17/h3-4,9-12,14,17,28H,5-8,13H2,1-2H3,(H,31,32). The first-order valence-electron chi connectivity index (χ1n) is 11.9. The van der Waals surface area contributed by atoms with Crippen molar-refractivity contribution in [2.75, 3.05) is 13.1 Å². The van der Waals surface area contributed by atoms with Gasteiger partial charge in [0.25, 0.3) is 0 Å². The highest BCUT2D eigenvalue weighted by atomic mass is 35.5. The minimum absolute atomic E-state index is 0.442. The highest BCUT2D eigenvalue weighted by molar-refractivity contribution is 6.36. The number of halogens is 1. The number of hydrogen-bond donors (Lipinski definition) is 2. The number of hydrogen-bond acceptors (Lipinski definition) is 6. The first-order chi connectivity index (χ1) is 17.0. The molecule has 1 fully saturated rings. The Labute approximate surface area is 207 Å². The molecule has 0 radical (unpaired) electrons. The van der Waals surface area contributed by atoms with E-state index in [0.717, 1.165) is 58.8 Å². The normalized spacial score (nSPS) is 14.7. The number of rotatable bonds is 5. The topological polar surface area (TPSA) is 93.5 Å². The number of nitrogens with zero attached hydrogens (tertiary/aromatic N) is 5. The Hall–Kier alpha value is -3.49. The van der Waals surface area contributed by atoms with Crippen molar-refractivity contribution in [3.63, 3.8) is 0 Å². The number of ether oxygens (including phenoxy) is 1. The van der Waals surface area contributed by atoms with Gasteiger partial charge in [0.15, 0.2) is 5.75 Å². The number of fused-ring (bicyclic) bond motifs is 2. The van der Waals surface area contributed by atoms with Crippen LogP contribution in [0, 0.1) is 19.8 Å². The van der Waals surface area contributed by atoms with Crippen LogP contribution >= 0.6 is 11.6 Å². The average molecular weight is 488 g/mol. The van der Waals surface area contributed by atoms with Gasteiger partial charge in [0.2, 0.25) is 0 Å². The summed E-state index contributed by atoms with van der Waals surface area (Å²) < 4.78 is 8.24. The van der Waals surface area contributed by atoms with Crippen LogP contribution in [0.15, 0.2) is 42.9 Å². The van der Waals surface area contributed by atoms with Crippen LogP contribution in [-0.2, 0) is 6.54 Å². The molecule has 8 nitrogen and oxygen atoms in total. The van der Waals surface area contributed by atoms with Crippen molar-refractivity contribution in [1.82, 2.24) is 35.0 Å². The van der Waals surface area contributed by atoms with Crippen molar-refractivity contribution in [3.05, 3.63) is 59.3 Å². The fourth-order valence-electron chi connectivity index (χ4n) is 4.70. The molecule has 3 aromatic heterocycles. The summed E-state index contributed by atoms with van der Waals surface area (Å²) in [5.41, 5.74) is 5.69. The van der Waals surface area contributed by atoms with E-state index in [9.17, 15) is 0 Å². The summed E-state index contributed by atoms with van der Waals surface area (Å²) in [4.78, 5) is 17.2. The maximum atomic E-state index is 6.84. The minimum Gasteiger partial charge on any atom is -0.455 e. The molecule has 0 bridgehead atoms. The fraction of sp³-hybridized carbons (Fsp3) is 0.308. The van der Waals surface area contributed by atoms with Crippen molar-refractivity contribution in [3.8, 4) is 22.8 Å². The zero-order chi connectivity index (χ0) is 23.9. The van der Waals surface area contributed by atoms with E-state index >= 15 is 0 Å². The van der Waals surface area contributed by atoms with Gasteiger partial charge in [0.05, 0.1) is 34.6 Å². The molecule has 0 unspecified atom stereocenters. The summed E-state index contributed by atoms with van der Waals surface area (Å²) in [5.74, 6) is 2.75. The van der Waals surface area contributed by atoms with E-state index in [-0.39, 0.29) is 0 Å². The van der Waals surface area contributed by atoms with Crippen molar-refractivity contribution in [2.45, 2.75) is 33.2 Å². The Morgan fingerprint density at radius 1 is 1.09 bits per heavy atom. The van der Waals surface area contributed by atoms with Crippen LogP contribution in [0.5, 0.6) is 11.5 Å². The van der Waals surface area contributed by atoms with Crippen molar-refractivity contribution < 1.29 is 4.74 Å². The van der Waals surface area contributed by atoms with Gasteiger partial charge in [-0.05, 0) is 69.5 Å². The van der Waals surface area contributed by atoms with Crippen LogP contribution in [0.4, 0.5) is 0 Å². The molecule has 0 atom stereocenters. The number of aryl methyl sites for hydroxylation is 2. The second-order valence-electron chi connectivity index (χ2n) is 9.21. The second kappa shape index (κ2) is 8.94. The van der Waals surface area contributed by atoms with Crippen LogP contribution in [-0.4, -0.2) is 42.8 Å². The zero-order valence-corrected chi connectivity index (χ0v) is 20.4. The smallest absolute Gasteiger partial charge is 0.151 e. The van der Waals surface area contributed by atoms with Gasteiger partial charge in [0.1, 0.15) is 22.1 Å². The third kappa shape index (κ3) is 4.35. The summed E-state index contributed by atoms with van der Waals surface area (Å²) in [6, 6.07) is 7.69. The SMILES string of the molecule is Cc1nc2ccc(Oc3c(C)cc4ncc(-c5cnn(CC6CCNCC6)c5)nc4c3Cl)cc2[nH]1. The van der Waals surface area contributed by atoms with Gasteiger partial charge in [-0.25, -0.2) is 9.97 Å². The predicted octanol–water partition coefficient (Wildman–Crippen LogP) is 5.43. The number of aromatic amines is 1. The van der Waals surface area contributed by atoms with Crippen molar-refractivity contribution >= 4 is 33.7 Å². The van der Waals surface area contributed by atoms with Crippen LogP contribution in [0.2, 0.25) is 5.02 Å². The van der Waals surface area contributed by atoms with E-state index in [1.807, 2.05) is 55.2 Å². The number of aromatic nitrogens is 6. The lowest BCUT2D eigenvalue weighted by atomic mass is 9.98. The minimum atomic E-state index is 0.442. The quantitative estimate of drug-likeness (QED) is 0.343. The maximum absolute atomic E-state index is 6.84. The number of imidazole rings is 1. The number of benzene rings is 2. The lowest BCUT2D eigenvalue weighted by Crippen LogP contribution is -2.29. The van der Waals surface area contributed by atoms with E-state index < -0.39 is 0 Å². The molecule has 35 heavy (non-hydrogen) atoms. The molecule has 1 aliphatic rings. The van der Waals surface area contributed by atoms with Crippen molar-refractivity contribution in [2.24, 2.45) is 5.92 Å². The Balaban J connectivity index is 1.31. The van der Waals surface area contributed by atoms with Gasteiger partial charge >= 0.3 is 0 Å². The first-order valence-corrected chi connectivity index (χ1v) is 12.2. The van der Waals surface area contributed by atoms with Gasteiger partial charge < -0.3 is 15.0 Å². The van der Waals surface area contributed by atoms with Crippen LogP contribution in [0.25, 0.3) is 33.3 Å². The van der Waals surface area contributed by atoms with E-state index in [2.05, 4.69) is 25.4 Å². The molecule has 0 amide bonds. The summed E-state index contributed by atoms with van der Waals surface area (Å²) in [5, 5.41) is 8.42. The molecule has 2 N–H and O–H groups in total. The first kappa shape index (κ1) is 22.0. The van der Waals surface area contributed by atoms with Gasteiger partial charge in [-0.1, -0.05) is 11.6 Å². The average Bonchev–Trinajstić information content (AvgIpc) is 3.47. The maximum Gasteiger partial charge on any atom is 0.151 e. The molecule has 4 heterocycles. The number of piperidine rings is 1. The molecule has 0 spiro atoms. The summed E-state index contributed by atoms with van der Waals surface area (Å²) in [7, 11) is 0. The molecular weight excluding hydrogens is 462 g/mol. The Morgan fingerprint density at radius 3 is 2.80 bits per heavy atom. The monoisotopic (exact) mass is 487 g/mol. The van der Waals surface area contributed by atoms with Crippen LogP contribution < -0.4 is 10.1 Å². The molecule has 1 aliphatic heterocycles. The van der Waals surface area contributed by atoms with Gasteiger partial charge in [0, 0.05) is 24.4 Å². The van der Waals surface area contributed by atoms with Gasteiger partial charge in [-0.3, -0.25) is 9.67 Å². The Morgan fingerprint density at radius 2 is 1.94 bits per heavy atom. The molecule has 0 aliphatic carbocycles. The molecule has 178 valence electrons. The molecule has 0 saturated carbocycles. The third-order valence-electron chi connectivity index (χ3n) is 6.54. The second-order valence-corrected chi connectivity index (χ2v) is 9.59. The molecule has 2 aromatic carbocycles. The molecule has 5 aromatic rings. The lowest BCUT2D eigenvalue weighted by Gasteiger charge is -2.22. The van der Waals surface area contributed by atoms with E-state index in [1.54, 1.807) is 6.20 Å². The molecule has 9 heteroatoms. The molecule has 1 saturated heterocycles. The summed E-state index contributed by atoms with van der Waals surface area (Å²) in [6.45, 7) is 6.96. The summed E-state index contributed by atoms with van der Waals surface area (Å²) in [6.07, 6.45) is 8.02. The fourth-order valence-corrected chi connectivity index (χ4v) is 5.03. The predicted molar refractivity (Wildman–Crippen MR) is 137 cm³/mol. The van der Waals surface area contributed by atoms with Crippen molar-refractivity contribution in [1.29, 1.82) is 0 Å². The van der Waals surface area contributed by atoms with Gasteiger partial charge in [-0.2, -0.15) is 5.10 Å². The summed E-state index contributed by atoms with van der Waals surface area (Å²) >= 11 is 6.84. The molecule has 6 rings (SSSR count). The number of nitrogens with one attached hydrogen (secondary N) is 2. The third-order valence-corrected chi connectivity index (χ3v) is 6.89. The highest BCUT2D eigenvalue weighted by Crippen LogP contribution is 2.38. The Bertz CT molecular complexity index is 1530. The van der Waals surface area contributed by atoms with Gasteiger partial charge in [-0.15, -0.1) is 0 Å².